The molecule has 0 bridgehead atoms. The van der Waals surface area contributed by atoms with Crippen LogP contribution in [-0.2, 0) is 5.54 Å². The third kappa shape index (κ3) is 5.16. The van der Waals surface area contributed by atoms with E-state index < -0.39 is 5.54 Å². The van der Waals surface area contributed by atoms with Gasteiger partial charge in [-0.25, -0.2) is 0 Å². The molecule has 0 heterocycles. The Morgan fingerprint density at radius 2 is 1.37 bits per heavy atom. The van der Waals surface area contributed by atoms with Gasteiger partial charge in [0.05, 0.1) is 5.54 Å². The van der Waals surface area contributed by atoms with Gasteiger partial charge in [-0.15, -0.1) is 0 Å². The summed E-state index contributed by atoms with van der Waals surface area (Å²) in [6.07, 6.45) is 4.84. The predicted octanol–water partition coefficient (Wildman–Crippen LogP) is 7.88. The number of allylic oxidation sites excluding steroid dienone is 2. The van der Waals surface area contributed by atoms with Crippen LogP contribution >= 0.6 is 0 Å². The number of para-hydroxylation sites is 1. The smallest absolute Gasteiger partial charge is 0.0779 e. The molecule has 4 nitrogen and oxygen atoms in total. The van der Waals surface area contributed by atoms with Crippen LogP contribution in [0.2, 0.25) is 0 Å². The summed E-state index contributed by atoms with van der Waals surface area (Å²) in [5.74, 6) is 0.0114. The Kier molecular flexibility index (Phi) is 8.32. The zero-order chi connectivity index (χ0) is 29.0. The first kappa shape index (κ1) is 28.3. The van der Waals surface area contributed by atoms with Gasteiger partial charge < -0.3 is 16.0 Å². The Morgan fingerprint density at radius 1 is 0.756 bits per heavy atom. The second-order valence-electron chi connectivity index (χ2n) is 10.9. The number of hydrogen-bond donors (Lipinski definition) is 2. The number of benzene rings is 4. The fourth-order valence-corrected chi connectivity index (χ4v) is 6.54. The molecule has 0 fully saturated rings. The highest BCUT2D eigenvalue weighted by atomic mass is 15.2. The van der Waals surface area contributed by atoms with Gasteiger partial charge in [-0.2, -0.15) is 0 Å². The average molecular weight is 543 g/mol. The number of hydrogen-bond acceptors (Lipinski definition) is 4. The number of nitrogens with zero attached hydrogens (tertiary/aromatic N) is 2. The van der Waals surface area contributed by atoms with Crippen molar-refractivity contribution in [3.8, 4) is 0 Å². The molecule has 4 heteroatoms. The molecule has 0 aromatic heterocycles. The molecule has 0 spiro atoms. The average Bonchev–Trinajstić information content (AvgIpc) is 3.02. The summed E-state index contributed by atoms with van der Waals surface area (Å²) in [6, 6.07) is 37.1. The van der Waals surface area contributed by atoms with Crippen molar-refractivity contribution in [2.45, 2.75) is 25.3 Å². The zero-order valence-corrected chi connectivity index (χ0v) is 24.9. The molecule has 0 radical (unpaired) electrons. The summed E-state index contributed by atoms with van der Waals surface area (Å²) >= 11 is 0. The molecule has 0 saturated heterocycles. The van der Waals surface area contributed by atoms with E-state index in [4.69, 9.17) is 5.73 Å². The van der Waals surface area contributed by atoms with Gasteiger partial charge in [0.1, 0.15) is 0 Å². The van der Waals surface area contributed by atoms with E-state index in [1.807, 2.05) is 19.2 Å². The van der Waals surface area contributed by atoms with Gasteiger partial charge in [0.2, 0.25) is 0 Å². The van der Waals surface area contributed by atoms with Crippen molar-refractivity contribution >= 4 is 28.2 Å². The SMILES string of the molecule is CCN(CC)C1(c2ccccc2N(C)C)C=CC(c2ccc(NC)cc2)=C(c2ccc(N)cc2)C1c1ccccc1. The van der Waals surface area contributed by atoms with Crippen molar-refractivity contribution in [2.75, 3.05) is 50.2 Å². The topological polar surface area (TPSA) is 44.5 Å². The maximum atomic E-state index is 6.22. The van der Waals surface area contributed by atoms with Gasteiger partial charge in [0.25, 0.3) is 0 Å². The fraction of sp³-hybridized carbons (Fsp3) is 0.243. The van der Waals surface area contributed by atoms with Crippen LogP contribution in [0, 0.1) is 0 Å². The Labute approximate surface area is 245 Å². The molecule has 4 aromatic carbocycles. The molecule has 2 unspecified atom stereocenters. The minimum atomic E-state index is -0.434. The van der Waals surface area contributed by atoms with Crippen molar-refractivity contribution in [2.24, 2.45) is 0 Å². The van der Waals surface area contributed by atoms with Crippen molar-refractivity contribution in [3.05, 3.63) is 138 Å². The van der Waals surface area contributed by atoms with Crippen LogP contribution in [0.1, 0.15) is 42.0 Å². The molecule has 5 rings (SSSR count). The quantitative estimate of drug-likeness (QED) is 0.211. The summed E-state index contributed by atoms with van der Waals surface area (Å²) in [7, 11) is 6.25. The van der Waals surface area contributed by atoms with Crippen molar-refractivity contribution in [3.63, 3.8) is 0 Å². The Balaban J connectivity index is 1.92. The highest BCUT2D eigenvalue weighted by Crippen LogP contribution is 2.56. The molecule has 210 valence electrons. The van der Waals surface area contributed by atoms with E-state index in [-0.39, 0.29) is 5.92 Å². The number of nitrogens with one attached hydrogen (secondary N) is 1. The van der Waals surface area contributed by atoms with Crippen LogP contribution < -0.4 is 16.0 Å². The van der Waals surface area contributed by atoms with Gasteiger partial charge in [0.15, 0.2) is 0 Å². The summed E-state index contributed by atoms with van der Waals surface area (Å²) in [5.41, 5.74) is 16.4. The van der Waals surface area contributed by atoms with Crippen molar-refractivity contribution in [1.82, 2.24) is 4.90 Å². The van der Waals surface area contributed by atoms with Crippen LogP contribution in [0.4, 0.5) is 17.1 Å². The molecule has 1 aliphatic carbocycles. The fourth-order valence-electron chi connectivity index (χ4n) is 6.54. The Bertz CT molecular complexity index is 1510. The maximum Gasteiger partial charge on any atom is 0.0779 e. The van der Waals surface area contributed by atoms with Crippen molar-refractivity contribution < 1.29 is 0 Å². The molecule has 41 heavy (non-hydrogen) atoms. The van der Waals surface area contributed by atoms with Crippen LogP contribution in [0.25, 0.3) is 11.1 Å². The number of nitrogens with two attached hydrogens (primary N) is 1. The van der Waals surface area contributed by atoms with Crippen LogP contribution in [0.5, 0.6) is 0 Å². The zero-order valence-electron chi connectivity index (χ0n) is 24.9. The monoisotopic (exact) mass is 542 g/mol. The molecule has 0 saturated carbocycles. The van der Waals surface area contributed by atoms with E-state index >= 15 is 0 Å². The Hall–Kier alpha value is -4.28. The van der Waals surface area contributed by atoms with Crippen LogP contribution in [-0.4, -0.2) is 39.1 Å². The first-order chi connectivity index (χ1) is 19.9. The lowest BCUT2D eigenvalue weighted by Gasteiger charge is -2.51. The lowest BCUT2D eigenvalue weighted by Crippen LogP contribution is -2.51. The van der Waals surface area contributed by atoms with Gasteiger partial charge >= 0.3 is 0 Å². The minimum absolute atomic E-state index is 0.0114. The summed E-state index contributed by atoms with van der Waals surface area (Å²) < 4.78 is 0. The number of nitrogen functional groups attached to an aromatic ring is 1. The lowest BCUT2D eigenvalue weighted by atomic mass is 9.63. The van der Waals surface area contributed by atoms with E-state index in [0.29, 0.717) is 0 Å². The van der Waals surface area contributed by atoms with E-state index in [2.05, 4.69) is 146 Å². The van der Waals surface area contributed by atoms with Gasteiger partial charge in [0, 0.05) is 49.7 Å². The minimum Gasteiger partial charge on any atom is -0.399 e. The van der Waals surface area contributed by atoms with E-state index in [1.165, 1.54) is 39.1 Å². The molecule has 4 aromatic rings. The van der Waals surface area contributed by atoms with Crippen LogP contribution in [0.15, 0.2) is 115 Å². The second kappa shape index (κ2) is 12.1. The van der Waals surface area contributed by atoms with Gasteiger partial charge in [-0.3, -0.25) is 4.90 Å². The summed E-state index contributed by atoms with van der Waals surface area (Å²) in [4.78, 5) is 4.87. The Morgan fingerprint density at radius 3 is 1.98 bits per heavy atom. The molecule has 0 aliphatic heterocycles. The first-order valence-corrected chi connectivity index (χ1v) is 14.6. The van der Waals surface area contributed by atoms with E-state index in [9.17, 15) is 0 Å². The first-order valence-electron chi connectivity index (χ1n) is 14.6. The summed E-state index contributed by atoms with van der Waals surface area (Å²) in [6.45, 7) is 6.37. The molecular formula is C37H42N4. The second-order valence-corrected chi connectivity index (χ2v) is 10.9. The molecular weight excluding hydrogens is 500 g/mol. The van der Waals surface area contributed by atoms with Crippen molar-refractivity contribution in [1.29, 1.82) is 0 Å². The number of rotatable bonds is 9. The van der Waals surface area contributed by atoms with Crippen LogP contribution in [0.3, 0.4) is 0 Å². The highest BCUT2D eigenvalue weighted by Gasteiger charge is 2.49. The third-order valence-corrected chi connectivity index (χ3v) is 8.47. The van der Waals surface area contributed by atoms with Gasteiger partial charge in [-0.1, -0.05) is 98.8 Å². The number of likely N-dealkylation sites (N-methyl/N-ethyl adjacent to an activating group) is 1. The predicted molar refractivity (Wildman–Crippen MR) is 177 cm³/mol. The van der Waals surface area contributed by atoms with Gasteiger partial charge in [-0.05, 0) is 71.3 Å². The largest absolute Gasteiger partial charge is 0.399 e. The molecule has 3 N–H and O–H groups in total. The third-order valence-electron chi connectivity index (χ3n) is 8.47. The molecule has 1 aliphatic rings. The highest BCUT2D eigenvalue weighted by molar-refractivity contribution is 6.01. The van der Waals surface area contributed by atoms with E-state index in [0.717, 1.165) is 24.5 Å². The molecule has 2 atom stereocenters. The maximum absolute atomic E-state index is 6.22. The number of anilines is 3. The summed E-state index contributed by atoms with van der Waals surface area (Å²) in [5, 5.41) is 3.26. The standard InChI is InChI=1S/C37H42N4/c1-6-41(7-2)37(33-15-11-12-16-34(33)40(4)5)26-25-32(27-19-23-31(39-3)24-20-27)35(28-17-21-30(38)22-18-28)36(37)29-13-9-8-10-14-29/h8-26,36,39H,6-7,38H2,1-5H3. The molecule has 0 amide bonds. The normalized spacial score (nSPS) is 18.5. The van der Waals surface area contributed by atoms with E-state index in [1.54, 1.807) is 0 Å². The lowest BCUT2D eigenvalue weighted by molar-refractivity contribution is 0.131.